The molecule has 0 aliphatic heterocycles. The number of carbonyl (C=O) groups excluding carboxylic acids is 1. The zero-order valence-electron chi connectivity index (χ0n) is 14.7. The lowest BCUT2D eigenvalue weighted by molar-refractivity contribution is -0.126. The lowest BCUT2D eigenvalue weighted by atomic mass is 9.93. The van der Waals surface area contributed by atoms with Crippen LogP contribution in [0.1, 0.15) is 36.4 Å². The van der Waals surface area contributed by atoms with Crippen molar-refractivity contribution in [2.45, 2.75) is 25.3 Å². The van der Waals surface area contributed by atoms with Crippen LogP contribution in [0.25, 0.3) is 0 Å². The first-order chi connectivity index (χ1) is 12.2. The molecule has 1 fully saturated rings. The van der Waals surface area contributed by atoms with Crippen LogP contribution in [-0.2, 0) is 4.79 Å². The quantitative estimate of drug-likeness (QED) is 0.849. The highest BCUT2D eigenvalue weighted by atomic mass is 16.5. The Hall–Kier alpha value is -2.33. The number of para-hydroxylation sites is 1. The van der Waals surface area contributed by atoms with Crippen molar-refractivity contribution >= 4 is 5.91 Å². The minimum atomic E-state index is -0.233. The van der Waals surface area contributed by atoms with Crippen molar-refractivity contribution in [2.24, 2.45) is 17.6 Å². The Morgan fingerprint density at radius 1 is 1.16 bits per heavy atom. The zero-order chi connectivity index (χ0) is 17.6. The minimum absolute atomic E-state index is 0.00548. The largest absolute Gasteiger partial charge is 0.496 e. The highest BCUT2D eigenvalue weighted by Crippen LogP contribution is 2.34. The Kier molecular flexibility index (Phi) is 5.71. The first kappa shape index (κ1) is 17.5. The van der Waals surface area contributed by atoms with E-state index in [1.807, 2.05) is 54.6 Å². The first-order valence-corrected chi connectivity index (χ1v) is 8.93. The predicted molar refractivity (Wildman–Crippen MR) is 99.3 cm³/mol. The Labute approximate surface area is 149 Å². The van der Waals surface area contributed by atoms with E-state index in [1.54, 1.807) is 7.11 Å². The molecule has 1 amide bonds. The molecule has 0 saturated heterocycles. The number of nitrogens with one attached hydrogen (secondary N) is 1. The van der Waals surface area contributed by atoms with Crippen LogP contribution in [0.2, 0.25) is 0 Å². The summed E-state index contributed by atoms with van der Waals surface area (Å²) in [6.45, 7) is 0.572. The van der Waals surface area contributed by atoms with Crippen molar-refractivity contribution in [3.8, 4) is 5.75 Å². The summed E-state index contributed by atoms with van der Waals surface area (Å²) in [6.07, 6.45) is 3.03. The van der Waals surface area contributed by atoms with E-state index >= 15 is 0 Å². The molecule has 3 rings (SSSR count). The molecule has 1 unspecified atom stereocenters. The van der Waals surface area contributed by atoms with Crippen LogP contribution < -0.4 is 15.8 Å². The molecular weight excluding hydrogens is 312 g/mol. The van der Waals surface area contributed by atoms with Crippen molar-refractivity contribution in [3.63, 3.8) is 0 Å². The highest BCUT2D eigenvalue weighted by Gasteiger charge is 2.33. The molecule has 25 heavy (non-hydrogen) atoms. The molecule has 2 aromatic carbocycles. The van der Waals surface area contributed by atoms with Crippen LogP contribution in [0.4, 0.5) is 0 Å². The summed E-state index contributed by atoms with van der Waals surface area (Å²) < 4.78 is 5.53. The van der Waals surface area contributed by atoms with Crippen LogP contribution >= 0.6 is 0 Å². The topological polar surface area (TPSA) is 64.3 Å². The van der Waals surface area contributed by atoms with E-state index in [9.17, 15) is 4.79 Å². The molecule has 132 valence electrons. The average Bonchev–Trinajstić information content (AvgIpc) is 3.15. The molecule has 0 heterocycles. The molecule has 4 nitrogen and oxygen atoms in total. The lowest BCUT2D eigenvalue weighted by Crippen LogP contribution is -2.37. The number of carbonyl (C=O) groups is 1. The van der Waals surface area contributed by atoms with Gasteiger partial charge < -0.3 is 15.8 Å². The molecule has 1 saturated carbocycles. The summed E-state index contributed by atoms with van der Waals surface area (Å²) >= 11 is 0. The third-order valence-corrected chi connectivity index (χ3v) is 5.17. The van der Waals surface area contributed by atoms with Gasteiger partial charge in [-0.05, 0) is 36.9 Å². The second kappa shape index (κ2) is 8.17. The maximum Gasteiger partial charge on any atom is 0.224 e. The number of hydrogen-bond donors (Lipinski definition) is 2. The Balaban J connectivity index is 1.91. The number of methoxy groups -OCH3 is 1. The summed E-state index contributed by atoms with van der Waals surface area (Å²) in [7, 11) is 1.66. The van der Waals surface area contributed by atoms with Crippen LogP contribution in [0, 0.1) is 11.8 Å². The third-order valence-electron chi connectivity index (χ3n) is 5.17. The summed E-state index contributed by atoms with van der Waals surface area (Å²) in [6, 6.07) is 17.6. The standard InChI is InChI=1S/C21H26N2O2/c1-25-19-13-6-5-11-18(19)20(15-8-3-2-4-9-15)23-21(24)17-12-7-10-16(17)14-22/h2-6,8-9,11,13,16-17,20H,7,10,12,14,22H2,1H3,(H,23,24)/t16-,17-,20?/m1/s1. The third kappa shape index (κ3) is 3.85. The average molecular weight is 338 g/mol. The van der Waals surface area contributed by atoms with Gasteiger partial charge in [0.05, 0.1) is 13.2 Å². The van der Waals surface area contributed by atoms with Gasteiger partial charge in [0.25, 0.3) is 0 Å². The van der Waals surface area contributed by atoms with Crippen LogP contribution in [0.15, 0.2) is 54.6 Å². The van der Waals surface area contributed by atoms with Gasteiger partial charge in [-0.2, -0.15) is 0 Å². The monoisotopic (exact) mass is 338 g/mol. The van der Waals surface area contributed by atoms with Gasteiger partial charge >= 0.3 is 0 Å². The van der Waals surface area contributed by atoms with E-state index < -0.39 is 0 Å². The van der Waals surface area contributed by atoms with E-state index in [1.165, 1.54) is 0 Å². The predicted octanol–water partition coefficient (Wildman–Crippen LogP) is 3.28. The molecule has 1 aliphatic carbocycles. The van der Waals surface area contributed by atoms with Gasteiger partial charge in [0, 0.05) is 11.5 Å². The summed E-state index contributed by atoms with van der Waals surface area (Å²) in [5, 5.41) is 3.26. The molecule has 0 radical (unpaired) electrons. The van der Waals surface area contributed by atoms with Gasteiger partial charge in [-0.15, -0.1) is 0 Å². The number of ether oxygens (including phenoxy) is 1. The number of hydrogen-bond acceptors (Lipinski definition) is 3. The summed E-state index contributed by atoms with van der Waals surface area (Å²) in [5.41, 5.74) is 7.87. The minimum Gasteiger partial charge on any atom is -0.496 e. The first-order valence-electron chi connectivity index (χ1n) is 8.93. The van der Waals surface area contributed by atoms with Gasteiger partial charge in [0.2, 0.25) is 5.91 Å². The fourth-order valence-electron chi connectivity index (χ4n) is 3.80. The lowest BCUT2D eigenvalue weighted by Gasteiger charge is -2.25. The summed E-state index contributed by atoms with van der Waals surface area (Å²) in [5.74, 6) is 1.16. The molecule has 3 atom stereocenters. The SMILES string of the molecule is COc1ccccc1C(NC(=O)[C@@H]1CCC[C@@H]1CN)c1ccccc1. The molecule has 0 spiro atoms. The van der Waals surface area contributed by atoms with Crippen LogP contribution in [-0.4, -0.2) is 19.6 Å². The smallest absolute Gasteiger partial charge is 0.224 e. The van der Waals surface area contributed by atoms with E-state index in [0.29, 0.717) is 6.54 Å². The van der Waals surface area contributed by atoms with Crippen molar-refractivity contribution < 1.29 is 9.53 Å². The van der Waals surface area contributed by atoms with E-state index in [0.717, 1.165) is 36.1 Å². The molecule has 2 aromatic rings. The van der Waals surface area contributed by atoms with E-state index in [-0.39, 0.29) is 23.8 Å². The Morgan fingerprint density at radius 3 is 2.60 bits per heavy atom. The van der Waals surface area contributed by atoms with Crippen molar-refractivity contribution in [2.75, 3.05) is 13.7 Å². The maximum absolute atomic E-state index is 13.0. The normalized spacial score (nSPS) is 20.9. The number of amides is 1. The maximum atomic E-state index is 13.0. The molecule has 3 N–H and O–H groups in total. The Bertz CT molecular complexity index is 702. The summed E-state index contributed by atoms with van der Waals surface area (Å²) in [4.78, 5) is 13.0. The van der Waals surface area contributed by atoms with Gasteiger partial charge in [0.1, 0.15) is 5.75 Å². The van der Waals surface area contributed by atoms with Gasteiger partial charge in [0.15, 0.2) is 0 Å². The molecule has 1 aliphatic rings. The second-order valence-corrected chi connectivity index (χ2v) is 6.63. The second-order valence-electron chi connectivity index (χ2n) is 6.63. The molecule has 0 bridgehead atoms. The van der Waals surface area contributed by atoms with Gasteiger partial charge in [-0.3, -0.25) is 4.79 Å². The number of nitrogens with two attached hydrogens (primary N) is 1. The van der Waals surface area contributed by atoms with Crippen molar-refractivity contribution in [1.29, 1.82) is 0 Å². The van der Waals surface area contributed by atoms with Crippen molar-refractivity contribution in [1.82, 2.24) is 5.32 Å². The number of rotatable bonds is 6. The fraction of sp³-hybridized carbons (Fsp3) is 0.381. The van der Waals surface area contributed by atoms with Gasteiger partial charge in [-0.25, -0.2) is 0 Å². The molecule has 4 heteroatoms. The highest BCUT2D eigenvalue weighted by molar-refractivity contribution is 5.80. The van der Waals surface area contributed by atoms with Crippen LogP contribution in [0.5, 0.6) is 5.75 Å². The van der Waals surface area contributed by atoms with Crippen LogP contribution in [0.3, 0.4) is 0 Å². The zero-order valence-corrected chi connectivity index (χ0v) is 14.7. The fourth-order valence-corrected chi connectivity index (χ4v) is 3.80. The number of benzene rings is 2. The van der Waals surface area contributed by atoms with E-state index in [4.69, 9.17) is 10.5 Å². The Morgan fingerprint density at radius 2 is 1.88 bits per heavy atom. The molecular formula is C21H26N2O2. The van der Waals surface area contributed by atoms with Gasteiger partial charge in [-0.1, -0.05) is 55.0 Å². The van der Waals surface area contributed by atoms with E-state index in [2.05, 4.69) is 5.32 Å². The van der Waals surface area contributed by atoms with Crippen molar-refractivity contribution in [3.05, 3.63) is 65.7 Å². The molecule has 0 aromatic heterocycles.